The van der Waals surface area contributed by atoms with E-state index in [0.29, 0.717) is 25.6 Å². The first-order chi connectivity index (χ1) is 7.49. The zero-order valence-electron chi connectivity index (χ0n) is 10.1. The van der Waals surface area contributed by atoms with Crippen molar-refractivity contribution in [1.29, 1.82) is 0 Å². The molecule has 1 aliphatic rings. The molecule has 0 radical (unpaired) electrons. The van der Waals surface area contributed by atoms with Gasteiger partial charge in [0.15, 0.2) is 0 Å². The highest BCUT2D eigenvalue weighted by atomic mass is 32.2. The Morgan fingerprint density at radius 2 is 2.25 bits per heavy atom. The molecular weight excluding hydrogens is 226 g/mol. The molecule has 5 nitrogen and oxygen atoms in total. The van der Waals surface area contributed by atoms with Gasteiger partial charge in [-0.2, -0.15) is 17.4 Å². The normalized spacial score (nSPS) is 25.6. The fraction of sp³-hybridized carbons (Fsp3) is 1.00. The van der Waals surface area contributed by atoms with E-state index in [4.69, 9.17) is 5.73 Å². The van der Waals surface area contributed by atoms with Crippen LogP contribution in [0.5, 0.6) is 0 Å². The molecule has 0 bridgehead atoms. The van der Waals surface area contributed by atoms with Crippen molar-refractivity contribution in [3.63, 3.8) is 0 Å². The molecule has 0 saturated carbocycles. The zero-order valence-corrected chi connectivity index (χ0v) is 11.0. The summed E-state index contributed by atoms with van der Waals surface area (Å²) in [6.07, 6.45) is 2.78. The van der Waals surface area contributed by atoms with Gasteiger partial charge >= 0.3 is 0 Å². The number of nitrogens with two attached hydrogens (primary N) is 1. The van der Waals surface area contributed by atoms with E-state index in [9.17, 15) is 8.42 Å². The van der Waals surface area contributed by atoms with Crippen molar-refractivity contribution in [3.8, 4) is 0 Å². The molecule has 1 fully saturated rings. The third kappa shape index (κ3) is 3.69. The van der Waals surface area contributed by atoms with E-state index in [1.165, 1.54) is 0 Å². The van der Waals surface area contributed by atoms with Crippen LogP contribution < -0.4 is 10.5 Å². The first kappa shape index (κ1) is 13.9. The van der Waals surface area contributed by atoms with Crippen LogP contribution in [0.3, 0.4) is 0 Å². The number of rotatable bonds is 5. The Labute approximate surface area is 98.6 Å². The summed E-state index contributed by atoms with van der Waals surface area (Å²) in [5, 5.41) is 0. The summed E-state index contributed by atoms with van der Waals surface area (Å²) in [5.41, 5.74) is 5.50. The fourth-order valence-corrected chi connectivity index (χ4v) is 3.60. The number of nitrogens with zero attached hydrogens (tertiary/aromatic N) is 1. The van der Waals surface area contributed by atoms with Gasteiger partial charge < -0.3 is 5.73 Å². The molecule has 0 aromatic carbocycles. The van der Waals surface area contributed by atoms with Gasteiger partial charge in [-0.25, -0.2) is 0 Å². The van der Waals surface area contributed by atoms with Crippen molar-refractivity contribution >= 4 is 10.2 Å². The molecule has 3 N–H and O–H groups in total. The van der Waals surface area contributed by atoms with Gasteiger partial charge in [-0.3, -0.25) is 0 Å². The van der Waals surface area contributed by atoms with Crippen molar-refractivity contribution in [2.45, 2.75) is 39.2 Å². The van der Waals surface area contributed by atoms with Crippen LogP contribution in [0.1, 0.15) is 33.1 Å². The number of piperidine rings is 1. The molecule has 96 valence electrons. The van der Waals surface area contributed by atoms with Crippen molar-refractivity contribution in [2.24, 2.45) is 11.7 Å². The van der Waals surface area contributed by atoms with Crippen LogP contribution in [-0.2, 0) is 10.2 Å². The number of hydrogen-bond acceptors (Lipinski definition) is 3. The van der Waals surface area contributed by atoms with Crippen LogP contribution >= 0.6 is 0 Å². The molecule has 6 heteroatoms. The van der Waals surface area contributed by atoms with Crippen molar-refractivity contribution < 1.29 is 8.42 Å². The smallest absolute Gasteiger partial charge is 0.279 e. The summed E-state index contributed by atoms with van der Waals surface area (Å²) >= 11 is 0. The lowest BCUT2D eigenvalue weighted by Crippen LogP contribution is -2.50. The van der Waals surface area contributed by atoms with Crippen LogP contribution in [-0.4, -0.2) is 38.4 Å². The van der Waals surface area contributed by atoms with E-state index in [1.54, 1.807) is 4.31 Å². The number of nitrogens with one attached hydrogen (secondary N) is 1. The Morgan fingerprint density at radius 1 is 1.56 bits per heavy atom. The second-order valence-corrected chi connectivity index (χ2v) is 6.27. The largest absolute Gasteiger partial charge is 0.329 e. The van der Waals surface area contributed by atoms with E-state index in [2.05, 4.69) is 11.6 Å². The van der Waals surface area contributed by atoms with Crippen molar-refractivity contribution in [1.82, 2.24) is 9.03 Å². The molecule has 1 aliphatic heterocycles. The molecule has 1 saturated heterocycles. The average molecular weight is 249 g/mol. The monoisotopic (exact) mass is 249 g/mol. The Bertz CT molecular complexity index is 301. The Morgan fingerprint density at radius 3 is 2.75 bits per heavy atom. The molecular formula is C10H23N3O2S. The van der Waals surface area contributed by atoms with Crippen LogP contribution in [0.25, 0.3) is 0 Å². The molecule has 16 heavy (non-hydrogen) atoms. The summed E-state index contributed by atoms with van der Waals surface area (Å²) in [6, 6.07) is -0.151. The highest BCUT2D eigenvalue weighted by Crippen LogP contribution is 2.17. The first-order valence-corrected chi connectivity index (χ1v) is 7.41. The second-order valence-electron chi connectivity index (χ2n) is 4.57. The lowest BCUT2D eigenvalue weighted by Gasteiger charge is -2.31. The van der Waals surface area contributed by atoms with E-state index >= 15 is 0 Å². The topological polar surface area (TPSA) is 75.4 Å². The summed E-state index contributed by atoms with van der Waals surface area (Å²) < 4.78 is 28.2. The summed E-state index contributed by atoms with van der Waals surface area (Å²) in [5.74, 6) is 0.447. The van der Waals surface area contributed by atoms with E-state index in [1.807, 2.05) is 6.92 Å². The van der Waals surface area contributed by atoms with Gasteiger partial charge in [0, 0.05) is 25.7 Å². The highest BCUT2D eigenvalue weighted by Gasteiger charge is 2.28. The summed E-state index contributed by atoms with van der Waals surface area (Å²) in [7, 11) is -3.34. The second kappa shape index (κ2) is 5.95. The molecule has 0 aliphatic carbocycles. The Kier molecular flexibility index (Phi) is 5.17. The van der Waals surface area contributed by atoms with Gasteiger partial charge in [-0.05, 0) is 25.2 Å². The minimum atomic E-state index is -3.34. The van der Waals surface area contributed by atoms with Crippen LogP contribution in [0.2, 0.25) is 0 Å². The maximum Gasteiger partial charge on any atom is 0.279 e. The predicted octanol–water partition coefficient (Wildman–Crippen LogP) is 0.290. The zero-order chi connectivity index (χ0) is 12.2. The standard InChI is InChI=1S/C10H23N3O2S/c1-3-10(7-11)12-16(14,15)13-6-4-5-9(2)8-13/h9-10,12H,3-8,11H2,1-2H3. The maximum atomic E-state index is 12.0. The van der Waals surface area contributed by atoms with Crippen LogP contribution in [0, 0.1) is 5.92 Å². The van der Waals surface area contributed by atoms with Crippen molar-refractivity contribution in [3.05, 3.63) is 0 Å². The van der Waals surface area contributed by atoms with Gasteiger partial charge in [0.2, 0.25) is 0 Å². The maximum absolute atomic E-state index is 12.0. The predicted molar refractivity (Wildman–Crippen MR) is 65.2 cm³/mol. The van der Waals surface area contributed by atoms with Gasteiger partial charge in [0.25, 0.3) is 10.2 Å². The number of hydrogen-bond donors (Lipinski definition) is 2. The fourth-order valence-electron chi connectivity index (χ4n) is 1.95. The molecule has 2 atom stereocenters. The van der Waals surface area contributed by atoms with Gasteiger partial charge in [-0.1, -0.05) is 13.8 Å². The molecule has 0 amide bonds. The summed E-state index contributed by atoms with van der Waals surface area (Å²) in [4.78, 5) is 0. The Balaban J connectivity index is 2.62. The van der Waals surface area contributed by atoms with Gasteiger partial charge in [0.1, 0.15) is 0 Å². The first-order valence-electron chi connectivity index (χ1n) is 5.97. The quantitative estimate of drug-likeness (QED) is 0.735. The Hall–Kier alpha value is -0.170. The summed E-state index contributed by atoms with van der Waals surface area (Å²) in [6.45, 7) is 5.61. The highest BCUT2D eigenvalue weighted by molar-refractivity contribution is 7.87. The minimum Gasteiger partial charge on any atom is -0.329 e. The minimum absolute atomic E-state index is 0.151. The third-order valence-corrected chi connectivity index (χ3v) is 4.70. The molecule has 0 aromatic heterocycles. The third-order valence-electron chi connectivity index (χ3n) is 3.05. The molecule has 0 aromatic rings. The van der Waals surface area contributed by atoms with E-state index in [-0.39, 0.29) is 6.04 Å². The van der Waals surface area contributed by atoms with Gasteiger partial charge in [0.05, 0.1) is 0 Å². The van der Waals surface area contributed by atoms with Crippen LogP contribution in [0.15, 0.2) is 0 Å². The molecule has 2 unspecified atom stereocenters. The van der Waals surface area contributed by atoms with Crippen molar-refractivity contribution in [2.75, 3.05) is 19.6 Å². The average Bonchev–Trinajstić information content (AvgIpc) is 2.26. The molecule has 0 spiro atoms. The van der Waals surface area contributed by atoms with Crippen LogP contribution in [0.4, 0.5) is 0 Å². The molecule has 1 heterocycles. The lowest BCUT2D eigenvalue weighted by molar-refractivity contribution is 0.276. The molecule has 1 rings (SSSR count). The van der Waals surface area contributed by atoms with E-state index in [0.717, 1.165) is 19.3 Å². The van der Waals surface area contributed by atoms with Gasteiger partial charge in [-0.15, -0.1) is 0 Å². The SMILES string of the molecule is CCC(CN)NS(=O)(=O)N1CCCC(C)C1. The lowest BCUT2D eigenvalue weighted by atomic mass is 10.0. The van der Waals surface area contributed by atoms with E-state index < -0.39 is 10.2 Å².